The first-order valence-electron chi connectivity index (χ1n) is 4.91. The number of hydrogen-bond acceptors (Lipinski definition) is 5. The molecule has 0 saturated carbocycles. The van der Waals surface area contributed by atoms with Crippen LogP contribution in [0.1, 0.15) is 0 Å². The number of benzene rings is 2. The van der Waals surface area contributed by atoms with E-state index in [0.29, 0.717) is 11.4 Å². The van der Waals surface area contributed by atoms with Crippen molar-refractivity contribution in [1.82, 2.24) is 0 Å². The quantitative estimate of drug-likeness (QED) is 0.502. The molecule has 2 aromatic carbocycles. The van der Waals surface area contributed by atoms with Gasteiger partial charge in [-0.05, 0) is 36.4 Å². The van der Waals surface area contributed by atoms with Gasteiger partial charge in [0.05, 0.1) is 0 Å². The molecule has 2 nitrogen and oxygen atoms in total. The van der Waals surface area contributed by atoms with Gasteiger partial charge in [-0.1, -0.05) is 11.8 Å². The lowest BCUT2D eigenvalue weighted by atomic mass is 10.3. The molecular weight excluding hydrogens is 268 g/mol. The van der Waals surface area contributed by atoms with Crippen LogP contribution < -0.4 is 11.5 Å². The summed E-state index contributed by atoms with van der Waals surface area (Å²) >= 11 is 10.2. The first-order valence-corrected chi connectivity index (χ1v) is 6.62. The monoisotopic (exact) mass is 280 g/mol. The zero-order valence-electron chi connectivity index (χ0n) is 8.92. The standard InChI is InChI=1S/C12H12N2S3/c13-9-3-1-7(5-11(9)15)17-8-2-4-10(14)12(16)6-8/h1-6,15-16H,13-14H2. The van der Waals surface area contributed by atoms with E-state index in [9.17, 15) is 0 Å². The molecule has 0 aromatic heterocycles. The normalized spacial score (nSPS) is 10.5. The lowest BCUT2D eigenvalue weighted by molar-refractivity contribution is 1.31. The van der Waals surface area contributed by atoms with Crippen LogP contribution >= 0.6 is 37.0 Å². The Labute approximate surface area is 116 Å². The maximum Gasteiger partial charge on any atom is 0.0450 e. The number of rotatable bonds is 2. The van der Waals surface area contributed by atoms with Crippen LogP contribution in [0.2, 0.25) is 0 Å². The van der Waals surface area contributed by atoms with Crippen molar-refractivity contribution in [2.45, 2.75) is 19.6 Å². The summed E-state index contributed by atoms with van der Waals surface area (Å²) in [5.74, 6) is 0. The molecule has 0 bridgehead atoms. The Morgan fingerprint density at radius 2 is 1.18 bits per heavy atom. The number of thiol groups is 2. The first kappa shape index (κ1) is 12.5. The maximum absolute atomic E-state index is 5.71. The molecule has 0 amide bonds. The summed E-state index contributed by atoms with van der Waals surface area (Å²) in [4.78, 5) is 3.75. The number of nitrogens with two attached hydrogens (primary N) is 2. The number of anilines is 2. The van der Waals surface area contributed by atoms with E-state index in [2.05, 4.69) is 25.3 Å². The van der Waals surface area contributed by atoms with E-state index in [1.807, 2.05) is 36.4 Å². The fourth-order valence-electron chi connectivity index (χ4n) is 1.31. The molecule has 0 heterocycles. The summed E-state index contributed by atoms with van der Waals surface area (Å²) in [6.45, 7) is 0. The summed E-state index contributed by atoms with van der Waals surface area (Å²) in [5.41, 5.74) is 12.8. The van der Waals surface area contributed by atoms with Gasteiger partial charge in [0.1, 0.15) is 0 Å². The Kier molecular flexibility index (Phi) is 3.81. The van der Waals surface area contributed by atoms with Crippen molar-refractivity contribution >= 4 is 48.4 Å². The van der Waals surface area contributed by atoms with Gasteiger partial charge >= 0.3 is 0 Å². The van der Waals surface area contributed by atoms with Gasteiger partial charge in [-0.3, -0.25) is 0 Å². The third-order valence-corrected chi connectivity index (χ3v) is 3.99. The molecule has 17 heavy (non-hydrogen) atoms. The summed E-state index contributed by atoms with van der Waals surface area (Å²) in [6.07, 6.45) is 0. The second kappa shape index (κ2) is 5.16. The van der Waals surface area contributed by atoms with E-state index in [0.717, 1.165) is 19.6 Å². The predicted octanol–water partition coefficient (Wildman–Crippen LogP) is 3.58. The lowest BCUT2D eigenvalue weighted by Crippen LogP contribution is -1.87. The summed E-state index contributed by atoms with van der Waals surface area (Å²) < 4.78 is 0. The zero-order valence-corrected chi connectivity index (χ0v) is 11.5. The molecule has 0 unspecified atom stereocenters. The van der Waals surface area contributed by atoms with Crippen LogP contribution in [0.15, 0.2) is 56.0 Å². The van der Waals surface area contributed by atoms with Crippen molar-refractivity contribution in [3.05, 3.63) is 36.4 Å². The van der Waals surface area contributed by atoms with Crippen molar-refractivity contribution in [2.24, 2.45) is 0 Å². The SMILES string of the molecule is Nc1ccc(Sc2ccc(N)c(S)c2)cc1S. The molecule has 88 valence electrons. The molecule has 0 spiro atoms. The Balaban J connectivity index is 2.25. The van der Waals surface area contributed by atoms with Gasteiger partial charge in [0.25, 0.3) is 0 Å². The molecule has 0 aliphatic rings. The van der Waals surface area contributed by atoms with Gasteiger partial charge in [-0.15, -0.1) is 25.3 Å². The Bertz CT molecular complexity index is 506. The predicted molar refractivity (Wildman–Crippen MR) is 80.3 cm³/mol. The van der Waals surface area contributed by atoms with Crippen molar-refractivity contribution in [3.63, 3.8) is 0 Å². The van der Waals surface area contributed by atoms with Gasteiger partial charge in [-0.2, -0.15) is 0 Å². The molecule has 0 aliphatic heterocycles. The highest BCUT2D eigenvalue weighted by atomic mass is 32.2. The molecule has 0 atom stereocenters. The largest absolute Gasteiger partial charge is 0.398 e. The van der Waals surface area contributed by atoms with Crippen LogP contribution in [0.4, 0.5) is 11.4 Å². The van der Waals surface area contributed by atoms with Crippen LogP contribution in [-0.4, -0.2) is 0 Å². The summed E-state index contributed by atoms with van der Waals surface area (Å²) in [5, 5.41) is 0. The topological polar surface area (TPSA) is 52.0 Å². The number of nitrogen functional groups attached to an aromatic ring is 2. The average Bonchev–Trinajstić information content (AvgIpc) is 2.29. The minimum atomic E-state index is 0.685. The fraction of sp³-hybridized carbons (Fsp3) is 0. The van der Waals surface area contributed by atoms with Crippen LogP contribution in [-0.2, 0) is 0 Å². The van der Waals surface area contributed by atoms with Crippen LogP contribution in [0.3, 0.4) is 0 Å². The summed E-state index contributed by atoms with van der Waals surface area (Å²) in [7, 11) is 0. The van der Waals surface area contributed by atoms with Gasteiger partial charge in [-0.25, -0.2) is 0 Å². The minimum absolute atomic E-state index is 0.685. The van der Waals surface area contributed by atoms with Crippen molar-refractivity contribution in [1.29, 1.82) is 0 Å². The average molecular weight is 280 g/mol. The highest BCUT2D eigenvalue weighted by molar-refractivity contribution is 7.99. The van der Waals surface area contributed by atoms with E-state index >= 15 is 0 Å². The van der Waals surface area contributed by atoms with E-state index in [1.54, 1.807) is 11.8 Å². The van der Waals surface area contributed by atoms with Crippen LogP contribution in [0.5, 0.6) is 0 Å². The van der Waals surface area contributed by atoms with Crippen molar-refractivity contribution < 1.29 is 0 Å². The summed E-state index contributed by atoms with van der Waals surface area (Å²) in [6, 6.07) is 11.5. The van der Waals surface area contributed by atoms with Crippen LogP contribution in [0.25, 0.3) is 0 Å². The highest BCUT2D eigenvalue weighted by Gasteiger charge is 2.02. The second-order valence-electron chi connectivity index (χ2n) is 3.54. The first-order chi connectivity index (χ1) is 8.06. The molecule has 0 fully saturated rings. The molecule has 5 heteroatoms. The molecule has 0 aliphatic carbocycles. The Morgan fingerprint density at radius 1 is 0.765 bits per heavy atom. The molecule has 2 rings (SSSR count). The Hall–Kier alpha value is -0.910. The zero-order chi connectivity index (χ0) is 12.4. The fourth-order valence-corrected chi connectivity index (χ4v) is 2.81. The van der Waals surface area contributed by atoms with E-state index in [4.69, 9.17) is 11.5 Å². The van der Waals surface area contributed by atoms with Crippen molar-refractivity contribution in [3.8, 4) is 0 Å². The van der Waals surface area contributed by atoms with Gasteiger partial charge in [0.15, 0.2) is 0 Å². The lowest BCUT2D eigenvalue weighted by Gasteiger charge is -2.06. The maximum atomic E-state index is 5.71. The smallest absolute Gasteiger partial charge is 0.0450 e. The van der Waals surface area contributed by atoms with Gasteiger partial charge in [0, 0.05) is 31.0 Å². The molecule has 0 saturated heterocycles. The molecule has 0 radical (unpaired) electrons. The van der Waals surface area contributed by atoms with Crippen LogP contribution in [0, 0.1) is 0 Å². The minimum Gasteiger partial charge on any atom is -0.398 e. The Morgan fingerprint density at radius 3 is 1.53 bits per heavy atom. The highest BCUT2D eigenvalue weighted by Crippen LogP contribution is 2.33. The van der Waals surface area contributed by atoms with Gasteiger partial charge < -0.3 is 11.5 Å². The second-order valence-corrected chi connectivity index (χ2v) is 5.65. The third-order valence-electron chi connectivity index (χ3n) is 2.24. The van der Waals surface area contributed by atoms with E-state index in [-0.39, 0.29) is 0 Å². The molecule has 4 N–H and O–H groups in total. The molecule has 2 aromatic rings. The third kappa shape index (κ3) is 3.06. The van der Waals surface area contributed by atoms with Crippen molar-refractivity contribution in [2.75, 3.05) is 11.5 Å². The van der Waals surface area contributed by atoms with E-state index in [1.165, 1.54) is 0 Å². The van der Waals surface area contributed by atoms with E-state index < -0.39 is 0 Å². The number of hydrogen-bond donors (Lipinski definition) is 4. The van der Waals surface area contributed by atoms with Gasteiger partial charge in [0.2, 0.25) is 0 Å². The molecular formula is C12H12N2S3.